The fourth-order valence-corrected chi connectivity index (χ4v) is 1.42. The molecule has 0 aliphatic heterocycles. The molecule has 110 valence electrons. The number of amides is 2. The third-order valence-corrected chi connectivity index (χ3v) is 2.35. The van der Waals surface area contributed by atoms with Gasteiger partial charge < -0.3 is 20.5 Å². The van der Waals surface area contributed by atoms with Crippen LogP contribution in [0.5, 0.6) is 11.5 Å². The van der Waals surface area contributed by atoms with Crippen LogP contribution < -0.4 is 20.5 Å². The van der Waals surface area contributed by atoms with Gasteiger partial charge in [-0.05, 0) is 23.8 Å². The second kappa shape index (κ2) is 8.27. The lowest BCUT2D eigenvalue weighted by Crippen LogP contribution is -2.20. The van der Waals surface area contributed by atoms with E-state index in [0.29, 0.717) is 11.5 Å². The van der Waals surface area contributed by atoms with Gasteiger partial charge in [0, 0.05) is 6.08 Å². The van der Waals surface area contributed by atoms with Gasteiger partial charge in [0.2, 0.25) is 5.91 Å². The van der Waals surface area contributed by atoms with Crippen LogP contribution in [0.25, 0.3) is 6.08 Å². The number of primary amides is 1. The van der Waals surface area contributed by atoms with Gasteiger partial charge in [0.05, 0.1) is 13.7 Å². The molecule has 0 saturated heterocycles. The van der Waals surface area contributed by atoms with Crippen LogP contribution in [0.3, 0.4) is 0 Å². The fraction of sp³-hybridized carbons (Fsp3) is 0.200. The van der Waals surface area contributed by atoms with Gasteiger partial charge >= 0.3 is 0 Å². The molecule has 0 aromatic heterocycles. The molecule has 0 unspecified atom stereocenters. The fourth-order valence-electron chi connectivity index (χ4n) is 1.42. The predicted octanol–water partition coefficient (Wildman–Crippen LogP) is 0.322. The number of benzene rings is 1. The van der Waals surface area contributed by atoms with E-state index in [1.807, 2.05) is 0 Å². The SMILES string of the molecule is C#CCNC(=O)/C=C/c1ccc(OCC(N)=O)c(OC)c1. The van der Waals surface area contributed by atoms with E-state index < -0.39 is 5.91 Å². The molecule has 0 saturated carbocycles. The van der Waals surface area contributed by atoms with E-state index in [4.69, 9.17) is 21.6 Å². The Morgan fingerprint density at radius 2 is 2.19 bits per heavy atom. The first kappa shape index (κ1) is 16.1. The lowest BCUT2D eigenvalue weighted by Gasteiger charge is -2.09. The molecule has 0 spiro atoms. The number of hydrogen-bond acceptors (Lipinski definition) is 4. The van der Waals surface area contributed by atoms with E-state index in [1.165, 1.54) is 13.2 Å². The molecule has 0 atom stereocenters. The quantitative estimate of drug-likeness (QED) is 0.558. The van der Waals surface area contributed by atoms with Gasteiger partial charge in [0.25, 0.3) is 5.91 Å². The molecule has 0 aliphatic rings. The minimum Gasteiger partial charge on any atom is -0.493 e. The summed E-state index contributed by atoms with van der Waals surface area (Å²) in [4.78, 5) is 22.1. The van der Waals surface area contributed by atoms with Crippen molar-refractivity contribution in [1.82, 2.24) is 5.32 Å². The summed E-state index contributed by atoms with van der Waals surface area (Å²) in [5.41, 5.74) is 5.74. The third kappa shape index (κ3) is 5.70. The highest BCUT2D eigenvalue weighted by atomic mass is 16.5. The van der Waals surface area contributed by atoms with Gasteiger partial charge in [0.1, 0.15) is 0 Å². The van der Waals surface area contributed by atoms with E-state index in [2.05, 4.69) is 11.2 Å². The largest absolute Gasteiger partial charge is 0.493 e. The van der Waals surface area contributed by atoms with Gasteiger partial charge in [-0.1, -0.05) is 12.0 Å². The molecule has 1 aromatic carbocycles. The Hall–Kier alpha value is -2.94. The van der Waals surface area contributed by atoms with E-state index >= 15 is 0 Å². The van der Waals surface area contributed by atoms with Crippen molar-refractivity contribution < 1.29 is 19.1 Å². The summed E-state index contributed by atoms with van der Waals surface area (Å²) >= 11 is 0. The van der Waals surface area contributed by atoms with Crippen LogP contribution in [0.1, 0.15) is 5.56 Å². The maximum Gasteiger partial charge on any atom is 0.255 e. The monoisotopic (exact) mass is 288 g/mol. The molecule has 6 nitrogen and oxygen atoms in total. The van der Waals surface area contributed by atoms with Crippen molar-refractivity contribution in [2.75, 3.05) is 20.3 Å². The van der Waals surface area contributed by atoms with Crippen LogP contribution in [0.2, 0.25) is 0 Å². The van der Waals surface area contributed by atoms with Gasteiger partial charge in [-0.15, -0.1) is 6.42 Å². The topological polar surface area (TPSA) is 90.6 Å². The molecule has 0 radical (unpaired) electrons. The minimum atomic E-state index is -0.578. The molecule has 1 aromatic rings. The standard InChI is InChI=1S/C15H16N2O4/c1-3-8-17-15(19)7-5-11-4-6-12(13(9-11)20-2)21-10-14(16)18/h1,4-7,9H,8,10H2,2H3,(H2,16,18)(H,17,19)/b7-5+. The summed E-state index contributed by atoms with van der Waals surface area (Å²) in [6.45, 7) is -0.0631. The van der Waals surface area contributed by atoms with Gasteiger partial charge in [0.15, 0.2) is 18.1 Å². The Kier molecular flexibility index (Phi) is 6.35. The average molecular weight is 288 g/mol. The van der Waals surface area contributed by atoms with Crippen molar-refractivity contribution in [2.45, 2.75) is 0 Å². The van der Waals surface area contributed by atoms with Crippen LogP contribution in [-0.2, 0) is 9.59 Å². The van der Waals surface area contributed by atoms with Crippen molar-refractivity contribution in [3.05, 3.63) is 29.8 Å². The highest BCUT2D eigenvalue weighted by Crippen LogP contribution is 2.28. The zero-order valence-corrected chi connectivity index (χ0v) is 11.6. The molecule has 0 bridgehead atoms. The van der Waals surface area contributed by atoms with Gasteiger partial charge in [-0.25, -0.2) is 0 Å². The highest BCUT2D eigenvalue weighted by molar-refractivity contribution is 5.91. The summed E-state index contributed by atoms with van der Waals surface area (Å²) < 4.78 is 10.4. The Balaban J connectivity index is 2.77. The number of carbonyl (C=O) groups excluding carboxylic acids is 2. The minimum absolute atomic E-state index is 0.173. The van der Waals surface area contributed by atoms with Crippen LogP contribution in [0.15, 0.2) is 24.3 Å². The molecule has 0 fully saturated rings. The number of terminal acetylenes is 1. The first-order valence-electron chi connectivity index (χ1n) is 6.05. The number of hydrogen-bond donors (Lipinski definition) is 2. The maximum absolute atomic E-state index is 11.4. The summed E-state index contributed by atoms with van der Waals surface area (Å²) in [6.07, 6.45) is 8.00. The summed E-state index contributed by atoms with van der Waals surface area (Å²) in [5.74, 6) is 2.26. The van der Waals surface area contributed by atoms with Crippen LogP contribution in [0.4, 0.5) is 0 Å². The number of nitrogens with two attached hydrogens (primary N) is 1. The number of methoxy groups -OCH3 is 1. The Labute approximate surface area is 122 Å². The second-order valence-corrected chi connectivity index (χ2v) is 3.92. The first-order chi connectivity index (χ1) is 10.1. The zero-order chi connectivity index (χ0) is 15.7. The molecular formula is C15H16N2O4. The van der Waals surface area contributed by atoms with Crippen molar-refractivity contribution in [1.29, 1.82) is 0 Å². The van der Waals surface area contributed by atoms with Crippen molar-refractivity contribution in [2.24, 2.45) is 5.73 Å². The van der Waals surface area contributed by atoms with Crippen LogP contribution >= 0.6 is 0 Å². The van der Waals surface area contributed by atoms with Crippen molar-refractivity contribution in [3.63, 3.8) is 0 Å². The third-order valence-electron chi connectivity index (χ3n) is 2.35. The van der Waals surface area contributed by atoms with E-state index in [1.54, 1.807) is 24.3 Å². The molecule has 3 N–H and O–H groups in total. The molecule has 6 heteroatoms. The number of rotatable bonds is 7. The summed E-state index contributed by atoms with van der Waals surface area (Å²) in [5, 5.41) is 2.51. The molecule has 0 aliphatic carbocycles. The van der Waals surface area contributed by atoms with Gasteiger partial charge in [-0.2, -0.15) is 0 Å². The molecule has 1 rings (SSSR count). The maximum atomic E-state index is 11.4. The second-order valence-electron chi connectivity index (χ2n) is 3.92. The normalized spacial score (nSPS) is 9.90. The predicted molar refractivity (Wildman–Crippen MR) is 78.6 cm³/mol. The highest BCUT2D eigenvalue weighted by Gasteiger charge is 2.06. The van der Waals surface area contributed by atoms with Crippen LogP contribution in [-0.4, -0.2) is 32.1 Å². The van der Waals surface area contributed by atoms with E-state index in [0.717, 1.165) is 5.56 Å². The number of nitrogens with one attached hydrogen (secondary N) is 1. The van der Waals surface area contributed by atoms with Crippen molar-refractivity contribution in [3.8, 4) is 23.8 Å². The smallest absolute Gasteiger partial charge is 0.255 e. The lowest BCUT2D eigenvalue weighted by atomic mass is 10.2. The Morgan fingerprint density at radius 1 is 1.43 bits per heavy atom. The zero-order valence-electron chi connectivity index (χ0n) is 11.6. The van der Waals surface area contributed by atoms with E-state index in [-0.39, 0.29) is 19.1 Å². The number of carbonyl (C=O) groups is 2. The lowest BCUT2D eigenvalue weighted by molar-refractivity contribution is -0.120. The summed E-state index contributed by atoms with van der Waals surface area (Å²) in [7, 11) is 1.47. The Bertz CT molecular complexity index is 588. The molecule has 2 amide bonds. The molecule has 21 heavy (non-hydrogen) atoms. The van der Waals surface area contributed by atoms with Crippen LogP contribution in [0, 0.1) is 12.3 Å². The van der Waals surface area contributed by atoms with Crippen molar-refractivity contribution >= 4 is 17.9 Å². The Morgan fingerprint density at radius 3 is 2.81 bits per heavy atom. The van der Waals surface area contributed by atoms with E-state index in [9.17, 15) is 9.59 Å². The van der Waals surface area contributed by atoms with Gasteiger partial charge in [-0.3, -0.25) is 9.59 Å². The molecular weight excluding hydrogens is 272 g/mol. The molecule has 0 heterocycles. The average Bonchev–Trinajstić information content (AvgIpc) is 2.48. The summed E-state index contributed by atoms with van der Waals surface area (Å²) in [6, 6.07) is 5.01. The first-order valence-corrected chi connectivity index (χ1v) is 6.05. The number of ether oxygens (including phenoxy) is 2.